The van der Waals surface area contributed by atoms with Gasteiger partial charge in [-0.1, -0.05) is 83.9 Å². The Morgan fingerprint density at radius 2 is 1.63 bits per heavy atom. The molecular weight excluding hydrogens is 528 g/mol. The van der Waals surface area contributed by atoms with Crippen molar-refractivity contribution in [2.45, 2.75) is 133 Å². The molecule has 43 heavy (non-hydrogen) atoms. The lowest BCUT2D eigenvalue weighted by Gasteiger charge is -2.23. The van der Waals surface area contributed by atoms with Crippen LogP contribution >= 0.6 is 0 Å². The molecule has 1 atom stereocenters. The second-order valence-electron chi connectivity index (χ2n) is 11.8. The number of amidine groups is 1. The normalized spacial score (nSPS) is 14.6. The van der Waals surface area contributed by atoms with Crippen LogP contribution in [0.5, 0.6) is 0 Å². The van der Waals surface area contributed by atoms with Gasteiger partial charge in [0.15, 0.2) is 0 Å². The van der Waals surface area contributed by atoms with Gasteiger partial charge >= 0.3 is 0 Å². The lowest BCUT2D eigenvalue weighted by atomic mass is 9.89. The first-order valence-corrected chi connectivity index (χ1v) is 16.6. The standard InChI is InChI=1S/C23H40N4.C10H14.C5H10O/c1-7-12-18(3)23(27-21(6)26-17-24-8-2)15-19(4)20(5)25-16-22-13-10-9-11-14-22;1-4-10-6-5-8(2)9(3)7-10;1-3-4-5(2)6/h15,17,22-23,25H,3,5,7-14,16H2,1-2,4,6H3,(H,24,26,27);5-7H,4H2,1-3H3;3-4H2,1-2H3/b19-15+;;. The zero-order chi connectivity index (χ0) is 32.6. The van der Waals surface area contributed by atoms with Crippen molar-refractivity contribution < 1.29 is 4.79 Å². The van der Waals surface area contributed by atoms with Crippen LogP contribution in [0.3, 0.4) is 0 Å². The molecular formula is C38H64N4O. The third-order valence-electron chi connectivity index (χ3n) is 7.66. The molecule has 242 valence electrons. The van der Waals surface area contributed by atoms with E-state index in [-0.39, 0.29) is 11.8 Å². The van der Waals surface area contributed by atoms with Gasteiger partial charge in [0.2, 0.25) is 0 Å². The Hall–Kier alpha value is -2.95. The molecule has 1 aromatic carbocycles. The molecule has 0 aliphatic heterocycles. The van der Waals surface area contributed by atoms with Crippen molar-refractivity contribution in [2.24, 2.45) is 15.9 Å². The fraction of sp³-hybridized carbons (Fsp3) is 0.605. The Balaban J connectivity index is 0.000000893. The molecule has 2 N–H and O–H groups in total. The summed E-state index contributed by atoms with van der Waals surface area (Å²) in [5, 5.41) is 6.68. The molecule has 0 spiro atoms. The third kappa shape index (κ3) is 19.8. The van der Waals surface area contributed by atoms with Gasteiger partial charge in [-0.15, -0.1) is 0 Å². The molecule has 5 heteroatoms. The molecule has 0 radical (unpaired) electrons. The Kier molecular flexibility index (Phi) is 22.8. The summed E-state index contributed by atoms with van der Waals surface area (Å²) in [4.78, 5) is 19.0. The summed E-state index contributed by atoms with van der Waals surface area (Å²) in [6.07, 6.45) is 15.6. The number of hydrogen-bond acceptors (Lipinski definition) is 4. The number of benzene rings is 1. The van der Waals surface area contributed by atoms with Crippen LogP contribution in [0, 0.1) is 19.8 Å². The first kappa shape index (κ1) is 40.1. The van der Waals surface area contributed by atoms with Crippen molar-refractivity contribution in [1.82, 2.24) is 10.6 Å². The lowest BCUT2D eigenvalue weighted by Crippen LogP contribution is -2.25. The number of nitrogens with zero attached hydrogens (tertiary/aromatic N) is 2. The number of hydrogen-bond donors (Lipinski definition) is 2. The number of rotatable bonds is 14. The number of nitrogens with one attached hydrogen (secondary N) is 2. The molecule has 2 rings (SSSR count). The first-order chi connectivity index (χ1) is 20.5. The van der Waals surface area contributed by atoms with Crippen LogP contribution in [0.2, 0.25) is 0 Å². The van der Waals surface area contributed by atoms with Crippen LogP contribution in [0.4, 0.5) is 0 Å². The molecule has 0 amide bonds. The molecule has 1 aromatic rings. The van der Waals surface area contributed by atoms with E-state index in [9.17, 15) is 4.79 Å². The summed E-state index contributed by atoms with van der Waals surface area (Å²) in [5.41, 5.74) is 7.50. The van der Waals surface area contributed by atoms with E-state index in [4.69, 9.17) is 4.99 Å². The Labute approximate surface area is 265 Å². The summed E-state index contributed by atoms with van der Waals surface area (Å²) < 4.78 is 0. The summed E-state index contributed by atoms with van der Waals surface area (Å²) in [6.45, 7) is 28.7. The van der Waals surface area contributed by atoms with E-state index in [0.29, 0.717) is 0 Å². The average Bonchev–Trinajstić information content (AvgIpc) is 2.98. The zero-order valence-corrected chi connectivity index (χ0v) is 29.2. The zero-order valence-electron chi connectivity index (χ0n) is 29.2. The van der Waals surface area contributed by atoms with Crippen molar-refractivity contribution in [3.05, 3.63) is 71.0 Å². The quantitative estimate of drug-likeness (QED) is 0.0978. The number of allylic oxidation sites excluding steroid dienone is 1. The molecule has 1 aliphatic carbocycles. The van der Waals surface area contributed by atoms with E-state index in [1.807, 2.05) is 20.8 Å². The third-order valence-corrected chi connectivity index (χ3v) is 7.66. The highest BCUT2D eigenvalue weighted by Crippen LogP contribution is 2.23. The molecule has 0 saturated heterocycles. The maximum Gasteiger partial charge on any atom is 0.129 e. The number of Topliss-reactive ketones (excluding diaryl/α,β-unsaturated/α-hetero) is 1. The largest absolute Gasteiger partial charge is 0.385 e. The van der Waals surface area contributed by atoms with Crippen molar-refractivity contribution in [1.29, 1.82) is 0 Å². The van der Waals surface area contributed by atoms with Gasteiger partial charge in [0, 0.05) is 25.2 Å². The van der Waals surface area contributed by atoms with Crippen LogP contribution in [0.25, 0.3) is 0 Å². The van der Waals surface area contributed by atoms with E-state index in [0.717, 1.165) is 73.8 Å². The monoisotopic (exact) mass is 593 g/mol. The number of ketones is 1. The van der Waals surface area contributed by atoms with Gasteiger partial charge in [0.05, 0.1) is 18.2 Å². The predicted molar refractivity (Wildman–Crippen MR) is 191 cm³/mol. The van der Waals surface area contributed by atoms with Gasteiger partial charge in [0.25, 0.3) is 0 Å². The van der Waals surface area contributed by atoms with E-state index in [1.165, 1.54) is 48.8 Å². The van der Waals surface area contributed by atoms with Crippen LogP contribution < -0.4 is 10.6 Å². The minimum Gasteiger partial charge on any atom is -0.385 e. The van der Waals surface area contributed by atoms with E-state index in [2.05, 4.69) is 87.7 Å². The van der Waals surface area contributed by atoms with Crippen LogP contribution in [-0.2, 0) is 11.2 Å². The molecule has 1 unspecified atom stereocenters. The Bertz CT molecular complexity index is 1040. The smallest absolute Gasteiger partial charge is 0.129 e. The number of carbonyl (C=O) groups excluding carboxylic acids is 1. The van der Waals surface area contributed by atoms with Crippen molar-refractivity contribution in [3.63, 3.8) is 0 Å². The molecule has 0 bridgehead atoms. The van der Waals surface area contributed by atoms with Crippen LogP contribution in [0.1, 0.15) is 123 Å². The topological polar surface area (TPSA) is 65.8 Å². The fourth-order valence-electron chi connectivity index (χ4n) is 4.70. The molecule has 5 nitrogen and oxygen atoms in total. The Morgan fingerprint density at radius 1 is 0.977 bits per heavy atom. The van der Waals surface area contributed by atoms with Gasteiger partial charge in [-0.3, -0.25) is 9.98 Å². The maximum atomic E-state index is 10.0. The minimum atomic E-state index is -0.0410. The van der Waals surface area contributed by atoms with Crippen molar-refractivity contribution in [2.75, 3.05) is 13.1 Å². The fourth-order valence-corrected chi connectivity index (χ4v) is 4.70. The highest BCUT2D eigenvalue weighted by atomic mass is 16.1. The van der Waals surface area contributed by atoms with Crippen LogP contribution in [-0.4, -0.2) is 37.1 Å². The Morgan fingerprint density at radius 3 is 2.14 bits per heavy atom. The highest BCUT2D eigenvalue weighted by molar-refractivity contribution is 5.90. The average molecular weight is 593 g/mol. The van der Waals surface area contributed by atoms with E-state index in [1.54, 1.807) is 13.3 Å². The minimum absolute atomic E-state index is 0.0410. The van der Waals surface area contributed by atoms with E-state index < -0.39 is 0 Å². The van der Waals surface area contributed by atoms with Crippen molar-refractivity contribution >= 4 is 18.0 Å². The molecule has 1 fully saturated rings. The molecule has 1 aliphatic rings. The van der Waals surface area contributed by atoms with Gasteiger partial charge < -0.3 is 15.4 Å². The van der Waals surface area contributed by atoms with Crippen molar-refractivity contribution in [3.8, 4) is 0 Å². The SMILES string of the molecule is C=C(NCC1CCCCC1)/C(C)=C/C(N=C(C)NC=NCC)C(=C)CCC.CCCC(C)=O.CCc1ccc(C)c(C)c1. The lowest BCUT2D eigenvalue weighted by molar-refractivity contribution is -0.117. The summed E-state index contributed by atoms with van der Waals surface area (Å²) in [5.74, 6) is 1.92. The van der Waals surface area contributed by atoms with E-state index >= 15 is 0 Å². The predicted octanol–water partition coefficient (Wildman–Crippen LogP) is 9.64. The van der Waals surface area contributed by atoms with Gasteiger partial charge in [-0.05, 0) is 107 Å². The molecule has 1 saturated carbocycles. The first-order valence-electron chi connectivity index (χ1n) is 16.6. The summed E-state index contributed by atoms with van der Waals surface area (Å²) in [7, 11) is 0. The number of aliphatic imine (C=N–C) groups is 2. The maximum absolute atomic E-state index is 10.0. The number of aryl methyl sites for hydroxylation is 3. The van der Waals surface area contributed by atoms with Crippen LogP contribution in [0.15, 0.2) is 64.3 Å². The number of carbonyl (C=O) groups is 1. The van der Waals surface area contributed by atoms with Gasteiger partial charge in [-0.25, -0.2) is 0 Å². The second-order valence-corrected chi connectivity index (χ2v) is 11.8. The van der Waals surface area contributed by atoms with Gasteiger partial charge in [-0.2, -0.15) is 0 Å². The highest BCUT2D eigenvalue weighted by Gasteiger charge is 2.14. The molecule has 0 aromatic heterocycles. The summed E-state index contributed by atoms with van der Waals surface area (Å²) in [6, 6.07) is 6.60. The molecule has 0 heterocycles. The summed E-state index contributed by atoms with van der Waals surface area (Å²) >= 11 is 0. The van der Waals surface area contributed by atoms with Gasteiger partial charge in [0.1, 0.15) is 5.78 Å². The second kappa shape index (κ2) is 24.5.